The van der Waals surface area contributed by atoms with Crippen molar-refractivity contribution in [3.63, 3.8) is 0 Å². The number of benzene rings is 1. The van der Waals surface area contributed by atoms with Crippen LogP contribution in [-0.4, -0.2) is 25.9 Å². The quantitative estimate of drug-likeness (QED) is 0.703. The predicted molar refractivity (Wildman–Crippen MR) is 70.1 cm³/mol. The molecule has 0 aliphatic carbocycles. The highest BCUT2D eigenvalue weighted by Crippen LogP contribution is 2.21. The maximum Gasteiger partial charge on any atom is 0.302 e. The van der Waals surface area contributed by atoms with Gasteiger partial charge in [0, 0.05) is 0 Å². The number of aromatic nitrogens is 4. The van der Waals surface area contributed by atoms with Crippen molar-refractivity contribution in [2.24, 2.45) is 0 Å². The molecule has 6 nitrogen and oxygen atoms in total. The van der Waals surface area contributed by atoms with Crippen LogP contribution >= 0.6 is 11.8 Å². The van der Waals surface area contributed by atoms with Crippen molar-refractivity contribution in [2.75, 3.05) is 11.1 Å². The molecule has 3 aromatic rings. The Labute approximate surface area is 107 Å². The minimum Gasteiger partial charge on any atom is -0.423 e. The Balaban J connectivity index is 1.82. The molecule has 0 unspecified atom stereocenters. The molecule has 2 aromatic heterocycles. The second kappa shape index (κ2) is 4.69. The molecule has 2 heterocycles. The van der Waals surface area contributed by atoms with E-state index in [2.05, 4.69) is 32.4 Å². The van der Waals surface area contributed by atoms with Crippen LogP contribution in [0.15, 0.2) is 33.8 Å². The van der Waals surface area contributed by atoms with Gasteiger partial charge in [0.15, 0.2) is 5.58 Å². The summed E-state index contributed by atoms with van der Waals surface area (Å²) in [6.07, 6.45) is 0. The van der Waals surface area contributed by atoms with E-state index in [4.69, 9.17) is 4.42 Å². The fraction of sp³-hybridized carbons (Fsp3) is 0.182. The highest BCUT2D eigenvalue weighted by molar-refractivity contribution is 7.99. The Hall–Kier alpha value is -2.02. The molecule has 3 rings (SSSR count). The summed E-state index contributed by atoms with van der Waals surface area (Å²) >= 11 is 1.57. The maximum atomic E-state index is 5.52. The molecule has 0 atom stereocenters. The Morgan fingerprint density at radius 2 is 2.22 bits per heavy atom. The van der Waals surface area contributed by atoms with Crippen molar-refractivity contribution in [1.29, 1.82) is 0 Å². The van der Waals surface area contributed by atoms with E-state index in [1.54, 1.807) is 11.8 Å². The number of para-hydroxylation sites is 2. The van der Waals surface area contributed by atoms with Crippen LogP contribution in [0.2, 0.25) is 0 Å². The van der Waals surface area contributed by atoms with E-state index >= 15 is 0 Å². The van der Waals surface area contributed by atoms with Crippen molar-refractivity contribution < 1.29 is 4.42 Å². The van der Waals surface area contributed by atoms with E-state index in [0.717, 1.165) is 16.9 Å². The number of H-pyrrole nitrogens is 1. The van der Waals surface area contributed by atoms with Crippen LogP contribution < -0.4 is 5.32 Å². The van der Waals surface area contributed by atoms with E-state index in [1.165, 1.54) is 0 Å². The highest BCUT2D eigenvalue weighted by atomic mass is 32.2. The average molecular weight is 261 g/mol. The maximum absolute atomic E-state index is 5.52. The van der Waals surface area contributed by atoms with Gasteiger partial charge in [0.2, 0.25) is 11.1 Å². The number of fused-ring (bicyclic) bond motifs is 1. The molecule has 0 aliphatic rings. The molecule has 0 fully saturated rings. The Morgan fingerprint density at radius 3 is 3.06 bits per heavy atom. The predicted octanol–water partition coefficient (Wildman–Crippen LogP) is 2.80. The molecule has 0 aliphatic heterocycles. The topological polar surface area (TPSA) is 79.6 Å². The smallest absolute Gasteiger partial charge is 0.302 e. The van der Waals surface area contributed by atoms with Gasteiger partial charge in [-0.2, -0.15) is 9.97 Å². The van der Waals surface area contributed by atoms with E-state index in [9.17, 15) is 0 Å². The molecular formula is C11H11N5OS. The molecule has 7 heteroatoms. The number of nitrogens with zero attached hydrogens (tertiary/aromatic N) is 3. The SMILES string of the molecule is CCSc1n[nH]c(Nc2nc3ccccc3o2)n1. The van der Waals surface area contributed by atoms with E-state index in [0.29, 0.717) is 17.1 Å². The van der Waals surface area contributed by atoms with Crippen molar-refractivity contribution in [1.82, 2.24) is 20.2 Å². The van der Waals surface area contributed by atoms with Gasteiger partial charge < -0.3 is 4.42 Å². The number of oxazole rings is 1. The first kappa shape index (κ1) is 11.1. The second-order valence-corrected chi connectivity index (χ2v) is 4.74. The molecule has 0 bridgehead atoms. The minimum atomic E-state index is 0.403. The van der Waals surface area contributed by atoms with Crippen LogP contribution in [0.4, 0.5) is 12.0 Å². The zero-order valence-corrected chi connectivity index (χ0v) is 10.5. The van der Waals surface area contributed by atoms with Gasteiger partial charge in [0.05, 0.1) is 0 Å². The lowest BCUT2D eigenvalue weighted by Gasteiger charge is -1.92. The molecule has 0 saturated carbocycles. The summed E-state index contributed by atoms with van der Waals surface area (Å²) < 4.78 is 5.52. The third kappa shape index (κ3) is 2.17. The van der Waals surface area contributed by atoms with Crippen molar-refractivity contribution in [3.05, 3.63) is 24.3 Å². The van der Waals surface area contributed by atoms with Crippen molar-refractivity contribution in [3.8, 4) is 0 Å². The van der Waals surface area contributed by atoms with Crippen molar-refractivity contribution in [2.45, 2.75) is 12.1 Å². The lowest BCUT2D eigenvalue weighted by atomic mass is 10.3. The summed E-state index contributed by atoms with van der Waals surface area (Å²) in [7, 11) is 0. The fourth-order valence-electron chi connectivity index (χ4n) is 1.52. The number of rotatable bonds is 4. The Morgan fingerprint density at radius 1 is 1.33 bits per heavy atom. The molecule has 1 aromatic carbocycles. The summed E-state index contributed by atoms with van der Waals surface area (Å²) in [5.41, 5.74) is 1.55. The standard InChI is InChI=1S/C11H11N5OS/c1-2-18-11-14-9(15-16-11)13-10-12-7-5-3-4-6-8(7)17-10/h3-6H,2H2,1H3,(H2,12,13,14,15,16). The lowest BCUT2D eigenvalue weighted by molar-refractivity contribution is 0.622. The zero-order valence-electron chi connectivity index (χ0n) is 9.67. The summed E-state index contributed by atoms with van der Waals surface area (Å²) in [6, 6.07) is 7.98. The van der Waals surface area contributed by atoms with Crippen LogP contribution in [-0.2, 0) is 0 Å². The second-order valence-electron chi connectivity index (χ2n) is 3.51. The Bertz CT molecular complexity index is 629. The van der Waals surface area contributed by atoms with Crippen molar-refractivity contribution >= 4 is 34.8 Å². The summed E-state index contributed by atoms with van der Waals surface area (Å²) in [5.74, 6) is 1.46. The third-order valence-corrected chi connectivity index (χ3v) is 2.99. The molecule has 0 spiro atoms. The first-order valence-corrected chi connectivity index (χ1v) is 6.51. The molecule has 0 radical (unpaired) electrons. The van der Waals surface area contributed by atoms with Gasteiger partial charge in [-0.1, -0.05) is 30.8 Å². The molecule has 0 saturated heterocycles. The van der Waals surface area contributed by atoms with Crippen LogP contribution in [0, 0.1) is 0 Å². The number of anilines is 2. The Kier molecular flexibility index (Phi) is 2.89. The number of thioether (sulfide) groups is 1. The summed E-state index contributed by atoms with van der Waals surface area (Å²) in [6.45, 7) is 2.05. The van der Waals surface area contributed by atoms with E-state index in [-0.39, 0.29) is 0 Å². The molecule has 92 valence electrons. The molecule has 2 N–H and O–H groups in total. The number of hydrogen-bond acceptors (Lipinski definition) is 6. The largest absolute Gasteiger partial charge is 0.423 e. The monoisotopic (exact) mass is 261 g/mol. The van der Waals surface area contributed by atoms with Crippen LogP contribution in [0.1, 0.15) is 6.92 Å². The minimum absolute atomic E-state index is 0.403. The first-order chi connectivity index (χ1) is 8.85. The highest BCUT2D eigenvalue weighted by Gasteiger charge is 2.08. The first-order valence-electron chi connectivity index (χ1n) is 5.53. The fourth-order valence-corrected chi connectivity index (χ4v) is 2.05. The van der Waals surface area contributed by atoms with Crippen LogP contribution in [0.3, 0.4) is 0 Å². The van der Waals surface area contributed by atoms with Gasteiger partial charge in [-0.05, 0) is 17.9 Å². The zero-order chi connectivity index (χ0) is 12.4. The summed E-state index contributed by atoms with van der Waals surface area (Å²) in [4.78, 5) is 8.54. The van der Waals surface area contributed by atoms with Gasteiger partial charge >= 0.3 is 6.01 Å². The molecule has 0 amide bonds. The van der Waals surface area contributed by atoms with Crippen LogP contribution in [0.5, 0.6) is 0 Å². The number of hydrogen-bond donors (Lipinski definition) is 2. The summed E-state index contributed by atoms with van der Waals surface area (Å²) in [5, 5.41) is 10.5. The third-order valence-electron chi connectivity index (χ3n) is 2.26. The van der Waals surface area contributed by atoms with Crippen LogP contribution in [0.25, 0.3) is 11.1 Å². The van der Waals surface area contributed by atoms with Gasteiger partial charge in [0.1, 0.15) is 5.52 Å². The molecule has 18 heavy (non-hydrogen) atoms. The average Bonchev–Trinajstić information content (AvgIpc) is 2.96. The number of aromatic amines is 1. The van der Waals surface area contributed by atoms with Gasteiger partial charge in [-0.25, -0.2) is 5.10 Å². The van der Waals surface area contributed by atoms with E-state index in [1.807, 2.05) is 24.3 Å². The van der Waals surface area contributed by atoms with E-state index < -0.39 is 0 Å². The van der Waals surface area contributed by atoms with Gasteiger partial charge in [-0.15, -0.1) is 5.10 Å². The normalized spacial score (nSPS) is 10.9. The number of nitrogens with one attached hydrogen (secondary N) is 2. The van der Waals surface area contributed by atoms with Gasteiger partial charge in [-0.3, -0.25) is 5.32 Å². The molecular weight excluding hydrogens is 250 g/mol. The van der Waals surface area contributed by atoms with Gasteiger partial charge in [0.25, 0.3) is 0 Å². The lowest BCUT2D eigenvalue weighted by Crippen LogP contribution is -1.92.